The van der Waals surface area contributed by atoms with Gasteiger partial charge in [0, 0.05) is 24.6 Å². The number of alkyl carbamates (subject to hydrolysis) is 1. The van der Waals surface area contributed by atoms with Crippen LogP contribution in [0.2, 0.25) is 0 Å². The van der Waals surface area contributed by atoms with Crippen molar-refractivity contribution in [2.75, 3.05) is 27.2 Å². The number of nitrogens with zero attached hydrogens (tertiary/aromatic N) is 1. The van der Waals surface area contributed by atoms with E-state index in [9.17, 15) is 14.7 Å². The third-order valence-electron chi connectivity index (χ3n) is 7.79. The molecular weight excluding hydrogens is 452 g/mol. The molecule has 2 bridgehead atoms. The monoisotopic (exact) mass is 486 g/mol. The Kier molecular flexibility index (Phi) is 5.56. The van der Waals surface area contributed by atoms with E-state index in [1.165, 1.54) is 0 Å². The number of likely N-dealkylation sites (tertiary alicyclic amines) is 1. The maximum atomic E-state index is 12.7. The predicted molar refractivity (Wildman–Crippen MR) is 126 cm³/mol. The summed E-state index contributed by atoms with van der Waals surface area (Å²) in [5.74, 6) is 1.17. The first kappa shape index (κ1) is 23.9. The first-order valence-corrected chi connectivity index (χ1v) is 12.2. The molecule has 1 fully saturated rings. The van der Waals surface area contributed by atoms with Crippen molar-refractivity contribution in [2.45, 2.75) is 75.2 Å². The van der Waals surface area contributed by atoms with E-state index in [-0.39, 0.29) is 19.0 Å². The van der Waals surface area contributed by atoms with Crippen molar-refractivity contribution in [1.29, 1.82) is 0 Å². The fourth-order valence-electron chi connectivity index (χ4n) is 6.35. The van der Waals surface area contributed by atoms with Crippen molar-refractivity contribution in [2.24, 2.45) is 0 Å². The molecule has 9 nitrogen and oxygen atoms in total. The van der Waals surface area contributed by atoms with Crippen LogP contribution in [0, 0.1) is 0 Å². The van der Waals surface area contributed by atoms with Crippen LogP contribution in [0.4, 0.5) is 4.79 Å². The first-order chi connectivity index (χ1) is 16.5. The van der Waals surface area contributed by atoms with E-state index < -0.39 is 34.8 Å². The third kappa shape index (κ3) is 3.59. The molecule has 4 aliphatic rings. The molecule has 1 amide bonds. The molecule has 4 unspecified atom stereocenters. The number of benzene rings is 1. The van der Waals surface area contributed by atoms with E-state index in [4.69, 9.17) is 18.9 Å². The number of hydrogen-bond acceptors (Lipinski definition) is 8. The van der Waals surface area contributed by atoms with E-state index >= 15 is 0 Å². The van der Waals surface area contributed by atoms with Crippen LogP contribution in [-0.2, 0) is 26.1 Å². The number of nitrogens with one attached hydrogen (secondary N) is 1. The summed E-state index contributed by atoms with van der Waals surface area (Å²) in [6.45, 7) is 6.21. The minimum absolute atomic E-state index is 0.0204. The summed E-state index contributed by atoms with van der Waals surface area (Å²) in [6, 6.07) is 3.89. The molecule has 190 valence electrons. The van der Waals surface area contributed by atoms with Gasteiger partial charge in [0.15, 0.2) is 17.6 Å². The van der Waals surface area contributed by atoms with E-state index in [2.05, 4.69) is 16.3 Å². The van der Waals surface area contributed by atoms with Crippen molar-refractivity contribution >= 4 is 12.1 Å². The van der Waals surface area contributed by atoms with Crippen LogP contribution >= 0.6 is 0 Å². The molecule has 0 aromatic heterocycles. The highest BCUT2D eigenvalue weighted by molar-refractivity contribution is 5.73. The summed E-state index contributed by atoms with van der Waals surface area (Å²) >= 11 is 0. The number of piperidine rings is 1. The van der Waals surface area contributed by atoms with E-state index in [0.717, 1.165) is 24.1 Å². The Balaban J connectivity index is 1.39. The molecule has 2 heterocycles. The number of carbonyl (C=O) groups is 2. The van der Waals surface area contributed by atoms with Gasteiger partial charge in [-0.25, -0.2) is 4.79 Å². The van der Waals surface area contributed by atoms with Crippen LogP contribution in [-0.4, -0.2) is 72.7 Å². The Labute approximate surface area is 205 Å². The molecule has 2 N–H and O–H groups in total. The van der Waals surface area contributed by atoms with Crippen LogP contribution in [0.1, 0.15) is 51.2 Å². The minimum atomic E-state index is -1.05. The smallest absolute Gasteiger partial charge is 0.407 e. The highest BCUT2D eigenvalue weighted by Crippen LogP contribution is 2.65. The number of amides is 1. The standard InChI is InChI=1S/C26H34N2O7/c1-24(2,3)35-23(30)27-12-9-19(29)33-17-8-10-26(31)18-14-15-6-7-16(32-5)21-20(15)25(26,22(17)34-21)11-13-28(18)4/h6-8,18,22,31H,9-14H2,1-5H3,(H,27,30). The molecule has 1 saturated heterocycles. The Hall–Kier alpha value is -2.78. The number of methoxy groups -OCH3 is 1. The lowest BCUT2D eigenvalue weighted by Crippen LogP contribution is -2.74. The zero-order valence-electron chi connectivity index (χ0n) is 21.0. The number of likely N-dealkylation sites (N-methyl/N-ethyl adjacent to an activating group) is 1. The normalized spacial score (nSPS) is 30.5. The van der Waals surface area contributed by atoms with Gasteiger partial charge in [0.1, 0.15) is 11.4 Å². The van der Waals surface area contributed by atoms with E-state index in [0.29, 0.717) is 30.1 Å². The van der Waals surface area contributed by atoms with Gasteiger partial charge in [0.25, 0.3) is 0 Å². The highest BCUT2D eigenvalue weighted by Gasteiger charge is 2.72. The van der Waals surface area contributed by atoms with Crippen molar-refractivity contribution < 1.29 is 33.6 Å². The molecule has 9 heteroatoms. The SMILES string of the molecule is COc1ccc2c3c1OC1C(OC(=O)CCNC(=O)OC(C)(C)C)=CCC4(O)C(C2)N(C)CCC314. The summed E-state index contributed by atoms with van der Waals surface area (Å²) in [4.78, 5) is 26.8. The van der Waals surface area contributed by atoms with E-state index in [1.807, 2.05) is 13.1 Å². The number of aliphatic hydroxyl groups is 1. The van der Waals surface area contributed by atoms with Gasteiger partial charge in [-0.05, 0) is 64.9 Å². The molecule has 0 radical (unpaired) electrons. The Bertz CT molecular complexity index is 1090. The minimum Gasteiger partial charge on any atom is -0.493 e. The Morgan fingerprint density at radius 3 is 2.80 bits per heavy atom. The summed E-state index contributed by atoms with van der Waals surface area (Å²) < 4.78 is 23.1. The molecule has 1 aromatic carbocycles. The summed E-state index contributed by atoms with van der Waals surface area (Å²) in [5, 5.41) is 14.8. The van der Waals surface area contributed by atoms with Gasteiger partial charge in [-0.2, -0.15) is 0 Å². The molecule has 2 aliphatic heterocycles. The molecule has 1 aromatic rings. The number of ether oxygens (including phenoxy) is 4. The summed E-state index contributed by atoms with van der Waals surface area (Å²) in [7, 11) is 3.65. The van der Waals surface area contributed by atoms with Gasteiger partial charge in [0.05, 0.1) is 24.5 Å². The average Bonchev–Trinajstić information content (AvgIpc) is 3.12. The van der Waals surface area contributed by atoms with Gasteiger partial charge in [-0.3, -0.25) is 4.79 Å². The lowest BCUT2D eigenvalue weighted by Gasteiger charge is -2.61. The molecule has 2 aliphatic carbocycles. The second-order valence-electron chi connectivity index (χ2n) is 10.9. The first-order valence-electron chi connectivity index (χ1n) is 12.2. The van der Waals surface area contributed by atoms with Gasteiger partial charge >= 0.3 is 12.1 Å². The molecular formula is C26H34N2O7. The van der Waals surface area contributed by atoms with Crippen LogP contribution in [0.25, 0.3) is 0 Å². The summed E-state index contributed by atoms with van der Waals surface area (Å²) in [5.41, 5.74) is -0.265. The number of carbonyl (C=O) groups excluding carboxylic acids is 2. The lowest BCUT2D eigenvalue weighted by molar-refractivity contribution is -0.169. The third-order valence-corrected chi connectivity index (χ3v) is 7.79. The topological polar surface area (TPSA) is 107 Å². The fourth-order valence-corrected chi connectivity index (χ4v) is 6.35. The molecule has 1 spiro atoms. The second kappa shape index (κ2) is 8.13. The zero-order chi connectivity index (χ0) is 25.2. The number of rotatable bonds is 5. The van der Waals surface area contributed by atoms with Crippen molar-refractivity contribution in [3.8, 4) is 11.5 Å². The lowest BCUT2D eigenvalue weighted by atomic mass is 9.50. The van der Waals surface area contributed by atoms with Crippen LogP contribution in [0.3, 0.4) is 0 Å². The van der Waals surface area contributed by atoms with Crippen LogP contribution < -0.4 is 14.8 Å². The van der Waals surface area contributed by atoms with Crippen LogP contribution in [0.15, 0.2) is 24.0 Å². The van der Waals surface area contributed by atoms with Gasteiger partial charge in [0.2, 0.25) is 0 Å². The molecule has 4 atom stereocenters. The quantitative estimate of drug-likeness (QED) is 0.612. The van der Waals surface area contributed by atoms with Crippen molar-refractivity contribution in [3.05, 3.63) is 35.1 Å². The van der Waals surface area contributed by atoms with Crippen molar-refractivity contribution in [1.82, 2.24) is 10.2 Å². The molecule has 5 rings (SSSR count). The fraction of sp³-hybridized carbons (Fsp3) is 0.615. The largest absolute Gasteiger partial charge is 0.493 e. The number of hydrogen-bond donors (Lipinski definition) is 2. The second-order valence-corrected chi connectivity index (χ2v) is 10.9. The maximum absolute atomic E-state index is 12.7. The molecule has 35 heavy (non-hydrogen) atoms. The van der Waals surface area contributed by atoms with Gasteiger partial charge in [-0.15, -0.1) is 0 Å². The Morgan fingerprint density at radius 2 is 2.09 bits per heavy atom. The highest BCUT2D eigenvalue weighted by atomic mass is 16.6. The van der Waals surface area contributed by atoms with Gasteiger partial charge < -0.3 is 34.3 Å². The predicted octanol–water partition coefficient (Wildman–Crippen LogP) is 2.43. The Morgan fingerprint density at radius 1 is 1.31 bits per heavy atom. The van der Waals surface area contributed by atoms with Gasteiger partial charge in [-0.1, -0.05) is 6.07 Å². The zero-order valence-corrected chi connectivity index (χ0v) is 21.0. The maximum Gasteiger partial charge on any atom is 0.407 e. The average molecular weight is 487 g/mol. The summed E-state index contributed by atoms with van der Waals surface area (Å²) in [6.07, 6.45) is 2.30. The van der Waals surface area contributed by atoms with Crippen LogP contribution in [0.5, 0.6) is 11.5 Å². The number of esters is 1. The molecule has 0 saturated carbocycles. The van der Waals surface area contributed by atoms with Crippen molar-refractivity contribution in [3.63, 3.8) is 0 Å². The van der Waals surface area contributed by atoms with E-state index in [1.54, 1.807) is 34.0 Å².